The average Bonchev–Trinajstić information content (AvgIpc) is 2.54. The smallest absolute Gasteiger partial charge is 0.481 e. The van der Waals surface area contributed by atoms with Crippen molar-refractivity contribution in [3.63, 3.8) is 0 Å². The van der Waals surface area contributed by atoms with Crippen LogP contribution in [0.25, 0.3) is 0 Å². The SMILES string of the molecule is CO[Si](CCC1CCC(C(=O)NC(C)(C)C)C(C(=O)O)C1)(OC)OC. The first kappa shape index (κ1) is 22.1. The molecule has 25 heavy (non-hydrogen) atoms. The van der Waals surface area contributed by atoms with E-state index in [9.17, 15) is 14.7 Å². The molecule has 1 aliphatic carbocycles. The van der Waals surface area contributed by atoms with Crippen molar-refractivity contribution in [3.05, 3.63) is 0 Å². The highest BCUT2D eigenvalue weighted by atomic mass is 28.4. The van der Waals surface area contributed by atoms with Gasteiger partial charge >= 0.3 is 14.8 Å². The van der Waals surface area contributed by atoms with Crippen molar-refractivity contribution < 1.29 is 28.0 Å². The Morgan fingerprint density at radius 3 is 2.08 bits per heavy atom. The second-order valence-corrected chi connectivity index (χ2v) is 10.9. The van der Waals surface area contributed by atoms with Gasteiger partial charge in [0.05, 0.1) is 11.8 Å². The molecule has 3 unspecified atom stereocenters. The van der Waals surface area contributed by atoms with Gasteiger partial charge in [0, 0.05) is 32.9 Å². The van der Waals surface area contributed by atoms with E-state index < -0.39 is 26.6 Å². The van der Waals surface area contributed by atoms with Crippen LogP contribution in [-0.2, 0) is 22.9 Å². The Morgan fingerprint density at radius 1 is 1.08 bits per heavy atom. The van der Waals surface area contributed by atoms with Crippen LogP contribution in [0.5, 0.6) is 0 Å². The zero-order valence-corrected chi connectivity index (χ0v) is 17.3. The number of carboxylic acids is 1. The quantitative estimate of drug-likeness (QED) is 0.632. The third kappa shape index (κ3) is 6.36. The molecule has 0 saturated heterocycles. The second-order valence-electron chi connectivity index (χ2n) is 7.80. The number of rotatable bonds is 8. The summed E-state index contributed by atoms with van der Waals surface area (Å²) in [5, 5.41) is 12.5. The second kappa shape index (κ2) is 9.11. The fourth-order valence-corrected chi connectivity index (χ4v) is 5.38. The van der Waals surface area contributed by atoms with Gasteiger partial charge in [-0.3, -0.25) is 9.59 Å². The average molecular weight is 376 g/mol. The maximum atomic E-state index is 12.5. The van der Waals surface area contributed by atoms with Crippen LogP contribution >= 0.6 is 0 Å². The molecule has 0 aromatic heterocycles. The summed E-state index contributed by atoms with van der Waals surface area (Å²) in [6, 6.07) is 0.645. The normalized spacial score (nSPS) is 24.8. The predicted molar refractivity (Wildman–Crippen MR) is 96.1 cm³/mol. The van der Waals surface area contributed by atoms with Gasteiger partial charge in [0.25, 0.3) is 0 Å². The fourth-order valence-electron chi connectivity index (χ4n) is 3.51. The molecule has 1 rings (SSSR count). The van der Waals surface area contributed by atoms with Gasteiger partial charge in [-0.2, -0.15) is 0 Å². The van der Waals surface area contributed by atoms with Gasteiger partial charge in [-0.05, 0) is 52.4 Å². The molecule has 1 saturated carbocycles. The predicted octanol–water partition coefficient (Wildman–Crippen LogP) is 2.29. The van der Waals surface area contributed by atoms with Gasteiger partial charge in [-0.15, -0.1) is 0 Å². The van der Waals surface area contributed by atoms with E-state index in [-0.39, 0.29) is 17.4 Å². The zero-order valence-electron chi connectivity index (χ0n) is 16.3. The van der Waals surface area contributed by atoms with Crippen LogP contribution in [0.1, 0.15) is 46.5 Å². The number of carboxylic acid groups (broad SMARTS) is 1. The summed E-state index contributed by atoms with van der Waals surface area (Å²) < 4.78 is 16.3. The third-order valence-corrected chi connectivity index (χ3v) is 7.67. The molecule has 1 fully saturated rings. The van der Waals surface area contributed by atoms with E-state index >= 15 is 0 Å². The Morgan fingerprint density at radius 2 is 1.64 bits per heavy atom. The minimum Gasteiger partial charge on any atom is -0.481 e. The van der Waals surface area contributed by atoms with E-state index in [1.165, 1.54) is 0 Å². The Bertz CT molecular complexity index is 452. The maximum absolute atomic E-state index is 12.5. The first-order chi connectivity index (χ1) is 11.6. The molecule has 0 spiro atoms. The van der Waals surface area contributed by atoms with E-state index in [1.54, 1.807) is 21.3 Å². The van der Waals surface area contributed by atoms with Crippen LogP contribution in [0.2, 0.25) is 6.04 Å². The van der Waals surface area contributed by atoms with Crippen molar-refractivity contribution in [3.8, 4) is 0 Å². The number of hydrogen-bond acceptors (Lipinski definition) is 5. The van der Waals surface area contributed by atoms with E-state index in [2.05, 4.69) is 5.32 Å². The van der Waals surface area contributed by atoms with Crippen LogP contribution < -0.4 is 5.32 Å². The van der Waals surface area contributed by atoms with E-state index in [0.29, 0.717) is 18.9 Å². The molecule has 7 nitrogen and oxygen atoms in total. The van der Waals surface area contributed by atoms with Crippen molar-refractivity contribution in [2.45, 2.75) is 58.0 Å². The largest absolute Gasteiger partial charge is 0.500 e. The summed E-state index contributed by atoms with van der Waals surface area (Å²) in [5.41, 5.74) is -0.364. The van der Waals surface area contributed by atoms with Crippen LogP contribution in [0, 0.1) is 17.8 Å². The van der Waals surface area contributed by atoms with E-state index in [0.717, 1.165) is 12.8 Å². The lowest BCUT2D eigenvalue weighted by Crippen LogP contribution is -2.48. The molecule has 8 heteroatoms. The Labute approximate surface area is 151 Å². The van der Waals surface area contributed by atoms with Gasteiger partial charge < -0.3 is 23.7 Å². The molecule has 0 aromatic rings. The monoisotopic (exact) mass is 375 g/mol. The van der Waals surface area contributed by atoms with Gasteiger partial charge in [-0.25, -0.2) is 0 Å². The summed E-state index contributed by atoms with van der Waals surface area (Å²) >= 11 is 0. The number of hydrogen-bond donors (Lipinski definition) is 2. The van der Waals surface area contributed by atoms with Crippen LogP contribution in [0.4, 0.5) is 0 Å². The minimum atomic E-state index is -2.65. The summed E-state index contributed by atoms with van der Waals surface area (Å²) in [4.78, 5) is 24.2. The van der Waals surface area contributed by atoms with Crippen molar-refractivity contribution >= 4 is 20.7 Å². The Balaban J connectivity index is 2.71. The molecule has 0 aromatic carbocycles. The lowest BCUT2D eigenvalue weighted by Gasteiger charge is -2.35. The molecule has 0 radical (unpaired) electrons. The lowest BCUT2D eigenvalue weighted by molar-refractivity contribution is -0.150. The van der Waals surface area contributed by atoms with Crippen LogP contribution in [0.15, 0.2) is 0 Å². The standard InChI is InChI=1S/C17H33NO6Si/c1-17(2,3)18-15(19)13-8-7-12(11-14(13)16(20)21)9-10-25(22-4,23-5)24-6/h12-14H,7-11H2,1-6H3,(H,18,19)(H,20,21). The van der Waals surface area contributed by atoms with Gasteiger partial charge in [0.2, 0.25) is 5.91 Å². The summed E-state index contributed by atoms with van der Waals surface area (Å²) in [7, 11) is 2.08. The molecule has 1 aliphatic rings. The molecular formula is C17H33NO6Si. The molecule has 2 N–H and O–H groups in total. The Kier molecular flexibility index (Phi) is 8.05. The highest BCUT2D eigenvalue weighted by molar-refractivity contribution is 6.60. The van der Waals surface area contributed by atoms with Gasteiger partial charge in [0.15, 0.2) is 0 Å². The van der Waals surface area contributed by atoms with Crippen molar-refractivity contribution in [1.29, 1.82) is 0 Å². The van der Waals surface area contributed by atoms with Crippen molar-refractivity contribution in [2.75, 3.05) is 21.3 Å². The minimum absolute atomic E-state index is 0.159. The zero-order chi connectivity index (χ0) is 19.3. The first-order valence-corrected chi connectivity index (χ1v) is 10.7. The molecule has 146 valence electrons. The summed E-state index contributed by atoms with van der Waals surface area (Å²) in [6.07, 6.45) is 2.69. The fraction of sp³-hybridized carbons (Fsp3) is 0.882. The van der Waals surface area contributed by atoms with Crippen molar-refractivity contribution in [2.24, 2.45) is 17.8 Å². The molecular weight excluding hydrogens is 342 g/mol. The highest BCUT2D eigenvalue weighted by Crippen LogP contribution is 2.38. The number of carbonyl (C=O) groups excluding carboxylic acids is 1. The number of nitrogens with one attached hydrogen (secondary N) is 1. The molecule has 0 bridgehead atoms. The lowest BCUT2D eigenvalue weighted by atomic mass is 9.72. The van der Waals surface area contributed by atoms with Gasteiger partial charge in [-0.1, -0.05) is 0 Å². The molecule has 0 aliphatic heterocycles. The number of amides is 1. The molecule has 1 amide bonds. The van der Waals surface area contributed by atoms with Gasteiger partial charge in [0.1, 0.15) is 0 Å². The summed E-state index contributed by atoms with van der Waals surface area (Å²) in [6.45, 7) is 5.70. The van der Waals surface area contributed by atoms with Crippen molar-refractivity contribution in [1.82, 2.24) is 5.32 Å². The van der Waals surface area contributed by atoms with E-state index in [4.69, 9.17) is 13.3 Å². The molecule has 0 heterocycles. The van der Waals surface area contributed by atoms with Crippen LogP contribution in [-0.4, -0.2) is 52.7 Å². The number of aliphatic carboxylic acids is 1. The highest BCUT2D eigenvalue weighted by Gasteiger charge is 2.42. The topological polar surface area (TPSA) is 94.1 Å². The van der Waals surface area contributed by atoms with Crippen LogP contribution in [0.3, 0.4) is 0 Å². The molecule has 3 atom stereocenters. The summed E-state index contributed by atoms with van der Waals surface area (Å²) in [5.74, 6) is -1.94. The maximum Gasteiger partial charge on any atom is 0.500 e. The van der Waals surface area contributed by atoms with E-state index in [1.807, 2.05) is 20.8 Å². The first-order valence-electron chi connectivity index (χ1n) is 8.77. The third-order valence-electron chi connectivity index (χ3n) is 4.90. The number of carbonyl (C=O) groups is 2. The Hall–Kier alpha value is -0.963.